The van der Waals surface area contributed by atoms with Gasteiger partial charge >= 0.3 is 0 Å². The molecule has 6 nitrogen and oxygen atoms in total. The molecule has 3 N–H and O–H groups in total. The molecule has 0 bridgehead atoms. The fourth-order valence-corrected chi connectivity index (χ4v) is 5.18. The molecule has 0 spiro atoms. The zero-order chi connectivity index (χ0) is 22.5. The number of amides is 3. The van der Waals surface area contributed by atoms with Gasteiger partial charge in [0.15, 0.2) is 0 Å². The maximum atomic E-state index is 13.0. The van der Waals surface area contributed by atoms with E-state index in [1.54, 1.807) is 12.1 Å². The van der Waals surface area contributed by atoms with Crippen LogP contribution in [0.2, 0.25) is 0 Å². The van der Waals surface area contributed by atoms with Gasteiger partial charge in [0.05, 0.1) is 5.56 Å². The second-order valence-electron chi connectivity index (χ2n) is 7.80. The highest BCUT2D eigenvalue weighted by Gasteiger charge is 2.26. The lowest BCUT2D eigenvalue weighted by atomic mass is 10.0. The van der Waals surface area contributed by atoms with E-state index >= 15 is 0 Å². The molecule has 32 heavy (non-hydrogen) atoms. The van der Waals surface area contributed by atoms with E-state index in [1.165, 1.54) is 18.3 Å². The van der Waals surface area contributed by atoms with Crippen molar-refractivity contribution in [3.05, 3.63) is 76.2 Å². The number of benzene rings is 2. The first kappa shape index (κ1) is 21.8. The highest BCUT2D eigenvalue weighted by atomic mass is 32.1. The Morgan fingerprint density at radius 3 is 2.19 bits per heavy atom. The van der Waals surface area contributed by atoms with Crippen LogP contribution in [0.1, 0.15) is 57.3 Å². The molecule has 2 aromatic carbocycles. The van der Waals surface area contributed by atoms with E-state index in [4.69, 9.17) is 0 Å². The number of thiophene rings is 1. The van der Waals surface area contributed by atoms with Gasteiger partial charge in [-0.05, 0) is 54.5 Å². The van der Waals surface area contributed by atoms with E-state index < -0.39 is 5.91 Å². The molecule has 3 amide bonds. The van der Waals surface area contributed by atoms with Gasteiger partial charge in [-0.2, -0.15) is 0 Å². The molecule has 0 aliphatic heterocycles. The third kappa shape index (κ3) is 4.89. The van der Waals surface area contributed by atoms with Crippen LogP contribution in [0.4, 0.5) is 5.00 Å². The molecule has 1 heterocycles. The van der Waals surface area contributed by atoms with Crippen molar-refractivity contribution in [2.75, 3.05) is 5.32 Å². The molecule has 3 aromatic rings. The van der Waals surface area contributed by atoms with Crippen molar-refractivity contribution in [1.82, 2.24) is 10.9 Å². The lowest BCUT2D eigenvalue weighted by molar-refractivity contribution is -0.119. The summed E-state index contributed by atoms with van der Waals surface area (Å²) in [6, 6.07) is 17.4. The van der Waals surface area contributed by atoms with Crippen molar-refractivity contribution < 1.29 is 14.4 Å². The summed E-state index contributed by atoms with van der Waals surface area (Å²) in [7, 11) is 0. The van der Waals surface area contributed by atoms with Crippen LogP contribution in [-0.4, -0.2) is 17.7 Å². The highest BCUT2D eigenvalue weighted by Crippen LogP contribution is 2.37. The Hall–Kier alpha value is -3.45. The standard InChI is InChI=1S/C25H25N3O3S/c1-16(29)27-28-24(31)22-20-10-6-3-7-11-21(20)32-25(22)26-23(30)19-14-12-18(13-15-19)17-8-4-2-5-9-17/h2,4-5,8-9,12-15H,3,6-7,10-11H2,1H3,(H,26,30)(H,27,29)(H,28,31). The molecule has 4 rings (SSSR count). The molecule has 164 valence electrons. The molecule has 0 saturated heterocycles. The molecule has 1 aliphatic carbocycles. The summed E-state index contributed by atoms with van der Waals surface area (Å²) in [5.74, 6) is -1.03. The number of anilines is 1. The van der Waals surface area contributed by atoms with Gasteiger partial charge in [0, 0.05) is 17.4 Å². The average Bonchev–Trinajstić information content (AvgIpc) is 2.98. The summed E-state index contributed by atoms with van der Waals surface area (Å²) in [6.45, 7) is 1.33. The van der Waals surface area contributed by atoms with Crippen molar-refractivity contribution in [1.29, 1.82) is 0 Å². The summed E-state index contributed by atoms with van der Waals surface area (Å²) >= 11 is 1.46. The van der Waals surface area contributed by atoms with Crippen LogP contribution in [0.5, 0.6) is 0 Å². The van der Waals surface area contributed by atoms with Gasteiger partial charge in [-0.15, -0.1) is 11.3 Å². The Bertz CT molecular complexity index is 1140. The fraction of sp³-hybridized carbons (Fsp3) is 0.240. The Balaban J connectivity index is 1.58. The maximum Gasteiger partial charge on any atom is 0.272 e. The third-order valence-corrected chi connectivity index (χ3v) is 6.69. The van der Waals surface area contributed by atoms with Crippen molar-refractivity contribution in [3.8, 4) is 11.1 Å². The summed E-state index contributed by atoms with van der Waals surface area (Å²) in [4.78, 5) is 38.2. The van der Waals surface area contributed by atoms with E-state index in [-0.39, 0.29) is 11.8 Å². The normalized spacial score (nSPS) is 12.9. The second kappa shape index (κ2) is 9.78. The first-order valence-electron chi connectivity index (χ1n) is 10.7. The molecule has 0 atom stereocenters. The molecule has 7 heteroatoms. The number of hydrogen-bond donors (Lipinski definition) is 3. The quantitative estimate of drug-likeness (QED) is 0.400. The number of aryl methyl sites for hydroxylation is 1. The smallest absolute Gasteiger partial charge is 0.272 e. The topological polar surface area (TPSA) is 87.3 Å². The van der Waals surface area contributed by atoms with Gasteiger partial charge in [0.25, 0.3) is 11.8 Å². The Labute approximate surface area is 191 Å². The van der Waals surface area contributed by atoms with Gasteiger partial charge in [0.1, 0.15) is 5.00 Å². The summed E-state index contributed by atoms with van der Waals surface area (Å²) < 4.78 is 0. The molecule has 0 radical (unpaired) electrons. The first-order valence-corrected chi connectivity index (χ1v) is 11.5. The van der Waals surface area contributed by atoms with E-state index in [0.717, 1.165) is 53.7 Å². The van der Waals surface area contributed by atoms with Crippen LogP contribution in [0.25, 0.3) is 11.1 Å². The fourth-order valence-electron chi connectivity index (χ4n) is 3.90. The first-order chi connectivity index (χ1) is 15.5. The molecule has 1 aromatic heterocycles. The highest BCUT2D eigenvalue weighted by molar-refractivity contribution is 7.17. The van der Waals surface area contributed by atoms with Crippen molar-refractivity contribution in [2.24, 2.45) is 0 Å². The zero-order valence-electron chi connectivity index (χ0n) is 17.9. The van der Waals surface area contributed by atoms with Crippen molar-refractivity contribution >= 4 is 34.1 Å². The van der Waals surface area contributed by atoms with Gasteiger partial charge in [-0.25, -0.2) is 0 Å². The van der Waals surface area contributed by atoms with Gasteiger partial charge in [-0.1, -0.05) is 48.9 Å². The zero-order valence-corrected chi connectivity index (χ0v) is 18.7. The minimum Gasteiger partial charge on any atom is -0.313 e. The monoisotopic (exact) mass is 447 g/mol. The van der Waals surface area contributed by atoms with Crippen LogP contribution in [0.3, 0.4) is 0 Å². The predicted octanol–water partition coefficient (Wildman–Crippen LogP) is 4.72. The Morgan fingerprint density at radius 2 is 1.47 bits per heavy atom. The molecule has 0 unspecified atom stereocenters. The number of nitrogens with one attached hydrogen (secondary N) is 3. The van der Waals surface area contributed by atoms with Gasteiger partial charge in [-0.3, -0.25) is 25.2 Å². The second-order valence-corrected chi connectivity index (χ2v) is 8.91. The van der Waals surface area contributed by atoms with Gasteiger partial charge in [0.2, 0.25) is 5.91 Å². The SMILES string of the molecule is CC(=O)NNC(=O)c1c(NC(=O)c2ccc(-c3ccccc3)cc2)sc2c1CCCCC2. The van der Waals surface area contributed by atoms with Crippen molar-refractivity contribution in [3.63, 3.8) is 0 Å². The van der Waals surface area contributed by atoms with Crippen molar-refractivity contribution in [2.45, 2.75) is 39.0 Å². The number of hydrazine groups is 1. The number of carbonyl (C=O) groups is 3. The van der Waals surface area contributed by atoms with Crippen LogP contribution in [-0.2, 0) is 17.6 Å². The van der Waals surface area contributed by atoms with Crippen LogP contribution in [0.15, 0.2) is 54.6 Å². The number of rotatable bonds is 4. The number of hydrogen-bond acceptors (Lipinski definition) is 4. The summed E-state index contributed by atoms with van der Waals surface area (Å²) in [6.07, 6.45) is 4.86. The average molecular weight is 448 g/mol. The summed E-state index contributed by atoms with van der Waals surface area (Å²) in [5, 5.41) is 3.46. The largest absolute Gasteiger partial charge is 0.313 e. The van der Waals surface area contributed by atoms with Crippen LogP contribution < -0.4 is 16.2 Å². The molecule has 0 saturated carbocycles. The molecule has 0 fully saturated rings. The lowest BCUT2D eigenvalue weighted by Crippen LogP contribution is -2.40. The number of fused-ring (bicyclic) bond motifs is 1. The minimum absolute atomic E-state index is 0.269. The van der Waals surface area contributed by atoms with Crippen LogP contribution >= 0.6 is 11.3 Å². The summed E-state index contributed by atoms with van der Waals surface area (Å²) in [5.41, 5.74) is 8.85. The van der Waals surface area contributed by atoms with E-state index in [9.17, 15) is 14.4 Å². The maximum absolute atomic E-state index is 13.0. The third-order valence-electron chi connectivity index (χ3n) is 5.48. The Morgan fingerprint density at radius 1 is 0.781 bits per heavy atom. The minimum atomic E-state index is -0.408. The van der Waals surface area contributed by atoms with Crippen LogP contribution in [0, 0.1) is 0 Å². The van der Waals surface area contributed by atoms with Gasteiger partial charge < -0.3 is 5.32 Å². The van der Waals surface area contributed by atoms with E-state index in [0.29, 0.717) is 16.1 Å². The lowest BCUT2D eigenvalue weighted by Gasteiger charge is -2.10. The van der Waals surface area contributed by atoms with E-state index in [2.05, 4.69) is 16.2 Å². The predicted molar refractivity (Wildman–Crippen MR) is 127 cm³/mol. The molecule has 1 aliphatic rings. The number of carbonyl (C=O) groups excluding carboxylic acids is 3. The molecular formula is C25H25N3O3S. The van der Waals surface area contributed by atoms with E-state index in [1.807, 2.05) is 42.5 Å². The Kier molecular flexibility index (Phi) is 6.66. The molecular weight excluding hydrogens is 422 g/mol.